The van der Waals surface area contributed by atoms with E-state index in [0.717, 1.165) is 0 Å². The van der Waals surface area contributed by atoms with Crippen molar-refractivity contribution in [1.29, 1.82) is 0 Å². The number of nitrogens with one attached hydrogen (secondary N) is 1. The fourth-order valence-corrected chi connectivity index (χ4v) is 3.98. The first-order chi connectivity index (χ1) is 15.7. The molecule has 0 unspecified atom stereocenters. The van der Waals surface area contributed by atoms with E-state index in [2.05, 4.69) is 19.8 Å². The van der Waals surface area contributed by atoms with Crippen LogP contribution in [0.5, 0.6) is 11.5 Å². The van der Waals surface area contributed by atoms with Gasteiger partial charge in [0.15, 0.2) is 11.5 Å². The predicted octanol–water partition coefficient (Wildman–Crippen LogP) is 5.09. The van der Waals surface area contributed by atoms with E-state index >= 15 is 0 Å². The number of alkyl halides is 2. The molecule has 0 radical (unpaired) electrons. The Hall–Kier alpha value is -3.72. The molecule has 1 amide bonds. The lowest BCUT2D eigenvalue weighted by Crippen LogP contribution is -2.28. The van der Waals surface area contributed by atoms with Gasteiger partial charge in [0.25, 0.3) is 0 Å². The summed E-state index contributed by atoms with van der Waals surface area (Å²) in [5.41, 5.74) is 0.496. The fourth-order valence-electron chi connectivity index (χ4n) is 3.77. The van der Waals surface area contributed by atoms with Crippen LogP contribution in [0.15, 0.2) is 54.6 Å². The van der Waals surface area contributed by atoms with E-state index in [1.165, 1.54) is 30.3 Å². The molecule has 1 saturated carbocycles. The predicted molar refractivity (Wildman–Crippen MR) is 114 cm³/mol. The Morgan fingerprint density at radius 2 is 1.79 bits per heavy atom. The first-order valence-corrected chi connectivity index (χ1v) is 10.3. The molecule has 1 aliphatic heterocycles. The maximum absolute atomic E-state index is 13.3. The Labute approximate surface area is 190 Å². The summed E-state index contributed by atoms with van der Waals surface area (Å²) < 4.78 is 35.6. The van der Waals surface area contributed by atoms with Crippen LogP contribution in [0.3, 0.4) is 0 Å². The molecule has 5 rings (SSSR count). The van der Waals surface area contributed by atoms with Gasteiger partial charge in [0, 0.05) is 5.56 Å². The number of hydrogen-bond acceptors (Lipinski definition) is 5. The van der Waals surface area contributed by atoms with Gasteiger partial charge in [-0.15, -0.1) is 8.78 Å². The number of carbonyl (C=O) groups excluding carboxylic acids is 1. The van der Waals surface area contributed by atoms with Crippen molar-refractivity contribution in [2.45, 2.75) is 24.6 Å². The number of aromatic carboxylic acids is 1. The number of carbonyl (C=O) groups is 2. The Bertz CT molecular complexity index is 1310. The van der Waals surface area contributed by atoms with Crippen LogP contribution in [0.25, 0.3) is 11.3 Å². The lowest BCUT2D eigenvalue weighted by atomic mass is 9.94. The highest BCUT2D eigenvalue weighted by Gasteiger charge is 2.53. The Morgan fingerprint density at radius 3 is 2.52 bits per heavy atom. The number of benzene rings is 2. The molecule has 33 heavy (non-hydrogen) atoms. The molecular formula is C23H15ClF2N2O5. The number of ether oxygens (including phenoxy) is 2. The maximum atomic E-state index is 13.3. The molecule has 7 nitrogen and oxygen atoms in total. The van der Waals surface area contributed by atoms with Crippen molar-refractivity contribution in [2.75, 3.05) is 5.32 Å². The average molecular weight is 473 g/mol. The van der Waals surface area contributed by atoms with E-state index in [0.29, 0.717) is 29.7 Å². The molecule has 2 N–H and O–H groups in total. The average Bonchev–Trinajstić information content (AvgIpc) is 3.52. The van der Waals surface area contributed by atoms with Crippen molar-refractivity contribution in [1.82, 2.24) is 4.98 Å². The molecule has 0 saturated heterocycles. The molecular weight excluding hydrogens is 458 g/mol. The van der Waals surface area contributed by atoms with Crippen LogP contribution in [0, 0.1) is 0 Å². The number of halogens is 3. The van der Waals surface area contributed by atoms with Crippen molar-refractivity contribution in [2.24, 2.45) is 0 Å². The SMILES string of the molecule is O=C(O)c1cccc(-c2nc(NC(=O)C3(c4ccc5c(c4)OC(F)(F)O5)CC3)ccc2Cl)c1. The summed E-state index contributed by atoms with van der Waals surface area (Å²) in [4.78, 5) is 28.8. The number of rotatable bonds is 5. The highest BCUT2D eigenvalue weighted by atomic mass is 35.5. The van der Waals surface area contributed by atoms with Crippen LogP contribution in [0.2, 0.25) is 5.02 Å². The van der Waals surface area contributed by atoms with Gasteiger partial charge in [-0.25, -0.2) is 9.78 Å². The normalized spacial score (nSPS) is 16.8. The molecule has 1 aromatic heterocycles. The maximum Gasteiger partial charge on any atom is 0.586 e. The van der Waals surface area contributed by atoms with E-state index in [1.807, 2.05) is 0 Å². The van der Waals surface area contributed by atoms with Crippen molar-refractivity contribution in [3.8, 4) is 22.8 Å². The Balaban J connectivity index is 1.40. The molecule has 1 fully saturated rings. The van der Waals surface area contributed by atoms with E-state index in [9.17, 15) is 23.5 Å². The third-order valence-electron chi connectivity index (χ3n) is 5.61. The number of carboxylic acids is 1. The highest BCUT2D eigenvalue weighted by molar-refractivity contribution is 6.33. The molecule has 0 atom stereocenters. The number of aromatic nitrogens is 1. The molecule has 10 heteroatoms. The van der Waals surface area contributed by atoms with Crippen LogP contribution < -0.4 is 14.8 Å². The molecule has 2 heterocycles. The summed E-state index contributed by atoms with van der Waals surface area (Å²) >= 11 is 6.26. The third-order valence-corrected chi connectivity index (χ3v) is 5.91. The van der Waals surface area contributed by atoms with E-state index in [4.69, 9.17) is 11.6 Å². The van der Waals surface area contributed by atoms with Crippen LogP contribution in [-0.2, 0) is 10.2 Å². The van der Waals surface area contributed by atoms with Crippen LogP contribution in [0.1, 0.15) is 28.8 Å². The molecule has 2 aromatic carbocycles. The second-order valence-corrected chi connectivity index (χ2v) is 8.19. The van der Waals surface area contributed by atoms with Gasteiger partial charge in [-0.2, -0.15) is 0 Å². The van der Waals surface area contributed by atoms with Crippen LogP contribution >= 0.6 is 11.6 Å². The largest absolute Gasteiger partial charge is 0.586 e. The molecule has 3 aromatic rings. The van der Waals surface area contributed by atoms with Crippen molar-refractivity contribution < 1.29 is 33.0 Å². The summed E-state index contributed by atoms with van der Waals surface area (Å²) in [5.74, 6) is -1.43. The summed E-state index contributed by atoms with van der Waals surface area (Å²) in [6, 6.07) is 13.5. The third kappa shape index (κ3) is 3.84. The summed E-state index contributed by atoms with van der Waals surface area (Å²) in [6.45, 7) is 0. The summed E-state index contributed by atoms with van der Waals surface area (Å²) in [7, 11) is 0. The fraction of sp³-hybridized carbons (Fsp3) is 0.174. The second kappa shape index (κ2) is 7.41. The second-order valence-electron chi connectivity index (χ2n) is 7.78. The van der Waals surface area contributed by atoms with Gasteiger partial charge in [0.2, 0.25) is 5.91 Å². The Kier molecular flexibility index (Phi) is 4.75. The monoisotopic (exact) mass is 472 g/mol. The van der Waals surface area contributed by atoms with E-state index in [1.54, 1.807) is 24.3 Å². The standard InChI is InChI=1S/C23H15ClF2N2O5/c24-15-5-7-18(27-19(15)12-2-1-3-13(10-12)20(29)30)28-21(31)22(8-9-22)14-4-6-16-17(11-14)33-23(25,26)32-16/h1-7,10-11H,8-9H2,(H,29,30)(H,27,28,31). The highest BCUT2D eigenvalue weighted by Crippen LogP contribution is 2.52. The zero-order chi connectivity index (χ0) is 23.4. The number of hydrogen-bond donors (Lipinski definition) is 2. The minimum Gasteiger partial charge on any atom is -0.478 e. The quantitative estimate of drug-likeness (QED) is 0.536. The number of anilines is 1. The molecule has 1 aliphatic carbocycles. The van der Waals surface area contributed by atoms with Gasteiger partial charge in [0.05, 0.1) is 21.7 Å². The first-order valence-electron chi connectivity index (χ1n) is 9.89. The van der Waals surface area contributed by atoms with Gasteiger partial charge in [-0.1, -0.05) is 29.8 Å². The van der Waals surface area contributed by atoms with Crippen LogP contribution in [0.4, 0.5) is 14.6 Å². The lowest BCUT2D eigenvalue weighted by molar-refractivity contribution is -0.286. The topological polar surface area (TPSA) is 97.8 Å². The zero-order valence-corrected chi connectivity index (χ0v) is 17.5. The summed E-state index contributed by atoms with van der Waals surface area (Å²) in [6.07, 6.45) is -2.69. The summed E-state index contributed by atoms with van der Waals surface area (Å²) in [5, 5.41) is 12.3. The van der Waals surface area contributed by atoms with Gasteiger partial charge >= 0.3 is 12.3 Å². The minimum atomic E-state index is -3.73. The molecule has 0 bridgehead atoms. The van der Waals surface area contributed by atoms with Gasteiger partial charge in [-0.05, 0) is 54.8 Å². The number of nitrogens with zero attached hydrogens (tertiary/aromatic N) is 1. The van der Waals surface area contributed by atoms with Gasteiger partial charge < -0.3 is 19.9 Å². The van der Waals surface area contributed by atoms with Gasteiger partial charge in [0.1, 0.15) is 5.82 Å². The van der Waals surface area contributed by atoms with Crippen molar-refractivity contribution >= 4 is 29.3 Å². The zero-order valence-electron chi connectivity index (χ0n) is 16.8. The van der Waals surface area contributed by atoms with Crippen LogP contribution in [-0.4, -0.2) is 28.3 Å². The molecule has 0 spiro atoms. The molecule has 168 valence electrons. The first kappa shape index (κ1) is 21.1. The van der Waals surface area contributed by atoms with Crippen molar-refractivity contribution in [3.05, 3.63) is 70.7 Å². The number of pyridine rings is 1. The Morgan fingerprint density at radius 1 is 1.03 bits per heavy atom. The van der Waals surface area contributed by atoms with E-state index in [-0.39, 0.29) is 33.8 Å². The van der Waals surface area contributed by atoms with E-state index < -0.39 is 17.7 Å². The van der Waals surface area contributed by atoms with Gasteiger partial charge in [-0.3, -0.25) is 4.79 Å². The number of fused-ring (bicyclic) bond motifs is 1. The number of carboxylic acid groups (broad SMARTS) is 1. The van der Waals surface area contributed by atoms with Crippen molar-refractivity contribution in [3.63, 3.8) is 0 Å². The minimum absolute atomic E-state index is 0.0742. The number of amides is 1. The smallest absolute Gasteiger partial charge is 0.478 e. The lowest BCUT2D eigenvalue weighted by Gasteiger charge is -2.16. The molecule has 2 aliphatic rings.